The highest BCUT2D eigenvalue weighted by molar-refractivity contribution is 9.10. The fourth-order valence-electron chi connectivity index (χ4n) is 2.20. The molecule has 102 valence electrons. The molecule has 1 aromatic carbocycles. The number of nitrogens with one attached hydrogen (secondary N) is 1. The second-order valence-electron chi connectivity index (χ2n) is 4.44. The summed E-state index contributed by atoms with van der Waals surface area (Å²) < 4.78 is 1.03. The predicted octanol–water partition coefficient (Wildman–Crippen LogP) is 4.72. The number of nitrogens with zero attached hydrogens (tertiary/aromatic N) is 2. The third kappa shape index (κ3) is 2.31. The molecule has 2 aromatic heterocycles. The number of thiophene rings is 1. The van der Waals surface area contributed by atoms with Crippen molar-refractivity contribution in [2.45, 2.75) is 13.3 Å². The highest BCUT2D eigenvalue weighted by Gasteiger charge is 2.12. The molecule has 0 unspecified atom stereocenters. The van der Waals surface area contributed by atoms with Gasteiger partial charge in [-0.25, -0.2) is 9.97 Å². The largest absolute Gasteiger partial charge is 0.373 e. The van der Waals surface area contributed by atoms with Gasteiger partial charge in [-0.2, -0.15) is 0 Å². The molecule has 0 aliphatic rings. The molecule has 0 saturated carbocycles. The van der Waals surface area contributed by atoms with Crippen molar-refractivity contribution in [3.8, 4) is 10.7 Å². The van der Waals surface area contributed by atoms with Gasteiger partial charge < -0.3 is 5.32 Å². The average Bonchev–Trinajstić information content (AvgIpc) is 2.94. The number of fused-ring (bicyclic) bond motifs is 1. The minimum Gasteiger partial charge on any atom is -0.373 e. The Balaban J connectivity index is 2.25. The lowest BCUT2D eigenvalue weighted by Crippen LogP contribution is -1.99. The van der Waals surface area contributed by atoms with E-state index in [1.54, 1.807) is 11.3 Å². The van der Waals surface area contributed by atoms with Crippen LogP contribution in [-0.4, -0.2) is 17.0 Å². The van der Waals surface area contributed by atoms with E-state index in [0.29, 0.717) is 0 Å². The highest BCUT2D eigenvalue weighted by atomic mass is 79.9. The number of benzene rings is 1. The van der Waals surface area contributed by atoms with Crippen LogP contribution in [0, 0.1) is 0 Å². The molecule has 1 N–H and O–H groups in total. The molecule has 5 heteroatoms. The summed E-state index contributed by atoms with van der Waals surface area (Å²) in [5, 5.41) is 6.30. The summed E-state index contributed by atoms with van der Waals surface area (Å²) in [5.74, 6) is 1.66. The van der Waals surface area contributed by atoms with Gasteiger partial charge in [0.25, 0.3) is 0 Å². The molecule has 2 heterocycles. The zero-order valence-corrected chi connectivity index (χ0v) is 13.7. The van der Waals surface area contributed by atoms with Crippen molar-refractivity contribution in [1.82, 2.24) is 9.97 Å². The maximum absolute atomic E-state index is 4.71. The van der Waals surface area contributed by atoms with Gasteiger partial charge in [-0.3, -0.25) is 0 Å². The molecule has 3 aromatic rings. The van der Waals surface area contributed by atoms with Crippen LogP contribution in [0.2, 0.25) is 0 Å². The number of anilines is 1. The molecule has 0 amide bonds. The van der Waals surface area contributed by atoms with E-state index in [4.69, 9.17) is 4.98 Å². The Morgan fingerprint density at radius 3 is 2.85 bits per heavy atom. The van der Waals surface area contributed by atoms with Crippen LogP contribution in [0.3, 0.4) is 0 Å². The Kier molecular flexibility index (Phi) is 3.72. The van der Waals surface area contributed by atoms with E-state index in [-0.39, 0.29) is 0 Å². The minimum absolute atomic E-state index is 0.802. The zero-order valence-electron chi connectivity index (χ0n) is 11.3. The second-order valence-corrected chi connectivity index (χ2v) is 6.27. The van der Waals surface area contributed by atoms with Gasteiger partial charge in [0.2, 0.25) is 0 Å². The van der Waals surface area contributed by atoms with Crippen LogP contribution in [-0.2, 0) is 6.42 Å². The fourth-order valence-corrected chi connectivity index (χ4v) is 3.49. The van der Waals surface area contributed by atoms with Crippen LogP contribution in [0.15, 0.2) is 34.1 Å². The van der Waals surface area contributed by atoms with E-state index >= 15 is 0 Å². The number of hydrogen-bond donors (Lipinski definition) is 1. The molecule has 3 nitrogen and oxygen atoms in total. The third-order valence-electron chi connectivity index (χ3n) is 3.23. The van der Waals surface area contributed by atoms with Crippen LogP contribution in [0.25, 0.3) is 21.6 Å². The van der Waals surface area contributed by atoms with E-state index in [2.05, 4.69) is 44.6 Å². The van der Waals surface area contributed by atoms with E-state index < -0.39 is 0 Å². The maximum atomic E-state index is 4.71. The van der Waals surface area contributed by atoms with Crippen molar-refractivity contribution in [3.05, 3.63) is 39.7 Å². The smallest absolute Gasteiger partial charge is 0.172 e. The Hall–Kier alpha value is -1.46. The average molecular weight is 348 g/mol. The number of hydrogen-bond acceptors (Lipinski definition) is 4. The summed E-state index contributed by atoms with van der Waals surface area (Å²) in [6.07, 6.45) is 0.995. The first kappa shape index (κ1) is 13.5. The SMILES string of the molecule is CCc1ccsc1-c1nc(NC)c2cc(Br)ccc2n1. The lowest BCUT2D eigenvalue weighted by molar-refractivity contribution is 1.14. The van der Waals surface area contributed by atoms with Gasteiger partial charge in [-0.15, -0.1) is 11.3 Å². The number of rotatable bonds is 3. The number of aromatic nitrogens is 2. The van der Waals surface area contributed by atoms with Crippen LogP contribution in [0.5, 0.6) is 0 Å². The topological polar surface area (TPSA) is 37.8 Å². The van der Waals surface area contributed by atoms with Gasteiger partial charge in [-0.05, 0) is 41.6 Å². The Morgan fingerprint density at radius 1 is 1.25 bits per heavy atom. The van der Waals surface area contributed by atoms with Crippen molar-refractivity contribution in [1.29, 1.82) is 0 Å². The molecule has 0 atom stereocenters. The maximum Gasteiger partial charge on any atom is 0.172 e. The van der Waals surface area contributed by atoms with Crippen LogP contribution < -0.4 is 5.32 Å². The third-order valence-corrected chi connectivity index (χ3v) is 4.67. The lowest BCUT2D eigenvalue weighted by atomic mass is 10.2. The van der Waals surface area contributed by atoms with E-state index in [0.717, 1.165) is 38.3 Å². The van der Waals surface area contributed by atoms with Crippen molar-refractivity contribution in [3.63, 3.8) is 0 Å². The Bertz CT molecular complexity index is 767. The Morgan fingerprint density at radius 2 is 2.10 bits per heavy atom. The van der Waals surface area contributed by atoms with Gasteiger partial charge >= 0.3 is 0 Å². The zero-order chi connectivity index (χ0) is 14.1. The molecule has 20 heavy (non-hydrogen) atoms. The molecular weight excluding hydrogens is 334 g/mol. The van der Waals surface area contributed by atoms with Gasteiger partial charge in [0.15, 0.2) is 5.82 Å². The molecular formula is C15H14BrN3S. The predicted molar refractivity (Wildman–Crippen MR) is 89.5 cm³/mol. The van der Waals surface area contributed by atoms with E-state index in [9.17, 15) is 0 Å². The van der Waals surface area contributed by atoms with Crippen molar-refractivity contribution in [2.75, 3.05) is 12.4 Å². The van der Waals surface area contributed by atoms with Crippen molar-refractivity contribution in [2.24, 2.45) is 0 Å². The summed E-state index contributed by atoms with van der Waals surface area (Å²) in [4.78, 5) is 10.6. The van der Waals surface area contributed by atoms with Crippen LogP contribution >= 0.6 is 27.3 Å². The van der Waals surface area contributed by atoms with Gasteiger partial charge in [-0.1, -0.05) is 22.9 Å². The number of halogens is 1. The minimum atomic E-state index is 0.802. The van der Waals surface area contributed by atoms with Gasteiger partial charge in [0.05, 0.1) is 10.4 Å². The summed E-state index contributed by atoms with van der Waals surface area (Å²) in [5.41, 5.74) is 2.26. The molecule has 0 radical (unpaired) electrons. The summed E-state index contributed by atoms with van der Waals surface area (Å²) in [7, 11) is 1.89. The first-order valence-corrected chi connectivity index (χ1v) is 8.12. The second kappa shape index (κ2) is 5.50. The first-order valence-electron chi connectivity index (χ1n) is 6.44. The lowest BCUT2D eigenvalue weighted by Gasteiger charge is -2.08. The summed E-state index contributed by atoms with van der Waals surface area (Å²) in [6, 6.07) is 8.21. The monoisotopic (exact) mass is 347 g/mol. The molecule has 0 aliphatic carbocycles. The van der Waals surface area contributed by atoms with E-state index in [1.165, 1.54) is 5.56 Å². The number of aryl methyl sites for hydroxylation is 1. The quantitative estimate of drug-likeness (QED) is 0.744. The fraction of sp³-hybridized carbons (Fsp3) is 0.200. The van der Waals surface area contributed by atoms with E-state index in [1.807, 2.05) is 25.2 Å². The molecule has 0 spiro atoms. The summed E-state index contributed by atoms with van der Waals surface area (Å²) >= 11 is 5.19. The van der Waals surface area contributed by atoms with Gasteiger partial charge in [0, 0.05) is 16.9 Å². The molecule has 3 rings (SSSR count). The Labute approximate surface area is 130 Å². The molecule has 0 aliphatic heterocycles. The van der Waals surface area contributed by atoms with Crippen LogP contribution in [0.4, 0.5) is 5.82 Å². The van der Waals surface area contributed by atoms with Crippen molar-refractivity contribution >= 4 is 44.0 Å². The molecule has 0 bridgehead atoms. The normalized spacial score (nSPS) is 10.9. The highest BCUT2D eigenvalue weighted by Crippen LogP contribution is 2.31. The molecule has 0 fully saturated rings. The summed E-state index contributed by atoms with van der Waals surface area (Å²) in [6.45, 7) is 2.16. The van der Waals surface area contributed by atoms with Gasteiger partial charge in [0.1, 0.15) is 5.82 Å². The van der Waals surface area contributed by atoms with Crippen LogP contribution in [0.1, 0.15) is 12.5 Å². The van der Waals surface area contributed by atoms with Crippen molar-refractivity contribution < 1.29 is 0 Å². The molecule has 0 saturated heterocycles. The standard InChI is InChI=1S/C15H14BrN3S/c1-3-9-6-7-20-13(9)15-18-12-5-4-10(16)8-11(12)14(17-2)19-15/h4-8H,3H2,1-2H3,(H,17,18,19). The first-order chi connectivity index (χ1) is 9.72.